The molecule has 4 bridgehead atoms. The maximum absolute atomic E-state index is 12.5. The van der Waals surface area contributed by atoms with Crippen LogP contribution in [0, 0.1) is 34.5 Å². The minimum absolute atomic E-state index is 0.00919. The summed E-state index contributed by atoms with van der Waals surface area (Å²) in [6, 6.07) is 0. The first kappa shape index (κ1) is 22.7. The molecule has 0 aromatic heterocycles. The van der Waals surface area contributed by atoms with Gasteiger partial charge in [0.15, 0.2) is 0 Å². The van der Waals surface area contributed by atoms with Crippen molar-refractivity contribution >= 4 is 20.2 Å². The molecular formula is C25H36O6S2. The van der Waals surface area contributed by atoms with E-state index >= 15 is 0 Å². The lowest BCUT2D eigenvalue weighted by Gasteiger charge is -2.32. The summed E-state index contributed by atoms with van der Waals surface area (Å²) in [5.41, 5.74) is 3.06. The Labute approximate surface area is 198 Å². The fourth-order valence-corrected chi connectivity index (χ4v) is 10.5. The molecule has 6 aliphatic carbocycles. The predicted octanol–water partition coefficient (Wildman–Crippen LogP) is 4.34. The van der Waals surface area contributed by atoms with Crippen molar-refractivity contribution in [1.82, 2.24) is 0 Å². The van der Waals surface area contributed by atoms with Crippen LogP contribution in [0.4, 0.5) is 0 Å². The van der Waals surface area contributed by atoms with Gasteiger partial charge in [-0.25, -0.2) is 0 Å². The van der Waals surface area contributed by atoms with Crippen LogP contribution in [0.1, 0.15) is 70.6 Å². The first-order chi connectivity index (χ1) is 15.7. The van der Waals surface area contributed by atoms with Crippen molar-refractivity contribution in [2.24, 2.45) is 34.5 Å². The molecule has 0 aromatic carbocycles. The fraction of sp³-hybridized carbons (Fsp3) is 0.840. The van der Waals surface area contributed by atoms with E-state index in [9.17, 15) is 16.8 Å². The molecule has 6 aliphatic rings. The molecule has 6 atom stereocenters. The Kier molecular flexibility index (Phi) is 5.45. The summed E-state index contributed by atoms with van der Waals surface area (Å²) in [6.45, 7) is 0.464. The van der Waals surface area contributed by atoms with Crippen molar-refractivity contribution in [3.63, 3.8) is 0 Å². The summed E-state index contributed by atoms with van der Waals surface area (Å²) >= 11 is 0. The second kappa shape index (κ2) is 7.90. The maximum atomic E-state index is 12.5. The Balaban J connectivity index is 0.968. The highest BCUT2D eigenvalue weighted by atomic mass is 32.2. The zero-order valence-corrected chi connectivity index (χ0v) is 21.0. The Hall–Kier alpha value is -0.700. The van der Waals surface area contributed by atoms with Gasteiger partial charge in [-0.3, -0.25) is 8.37 Å². The van der Waals surface area contributed by atoms with Crippen LogP contribution in [0.15, 0.2) is 23.3 Å². The lowest BCUT2D eigenvalue weighted by molar-refractivity contribution is 0.143. The molecule has 0 aromatic rings. The van der Waals surface area contributed by atoms with Crippen molar-refractivity contribution in [2.75, 3.05) is 24.7 Å². The van der Waals surface area contributed by atoms with Crippen molar-refractivity contribution in [1.29, 1.82) is 0 Å². The highest BCUT2D eigenvalue weighted by molar-refractivity contribution is 7.87. The van der Waals surface area contributed by atoms with E-state index < -0.39 is 20.2 Å². The normalized spacial score (nSPS) is 40.8. The number of rotatable bonds is 10. The first-order valence-electron chi connectivity index (χ1n) is 12.8. The van der Waals surface area contributed by atoms with Crippen LogP contribution in [0.5, 0.6) is 0 Å². The molecule has 0 spiro atoms. The molecule has 0 aliphatic heterocycles. The topological polar surface area (TPSA) is 86.7 Å². The van der Waals surface area contributed by atoms with Crippen molar-refractivity contribution in [3.05, 3.63) is 23.3 Å². The van der Waals surface area contributed by atoms with Gasteiger partial charge in [-0.05, 0) is 105 Å². The molecule has 8 heteroatoms. The molecule has 0 radical (unpaired) electrons. The second-order valence-electron chi connectivity index (χ2n) is 12.0. The van der Waals surface area contributed by atoms with E-state index in [-0.39, 0.29) is 42.0 Å². The predicted molar refractivity (Wildman–Crippen MR) is 125 cm³/mol. The zero-order chi connectivity index (χ0) is 22.9. The first-order valence-corrected chi connectivity index (χ1v) is 15.9. The van der Waals surface area contributed by atoms with Gasteiger partial charge in [0.1, 0.15) is 0 Å². The fourth-order valence-electron chi connectivity index (χ4n) is 8.23. The molecule has 33 heavy (non-hydrogen) atoms. The quantitative estimate of drug-likeness (QED) is 0.330. The Bertz CT molecular complexity index is 1000. The Morgan fingerprint density at radius 1 is 0.727 bits per heavy atom. The van der Waals surface area contributed by atoms with E-state index in [1.807, 2.05) is 0 Å². The minimum atomic E-state index is -3.75. The molecular weight excluding hydrogens is 460 g/mol. The van der Waals surface area contributed by atoms with E-state index in [0.29, 0.717) is 23.7 Å². The summed E-state index contributed by atoms with van der Waals surface area (Å²) in [6.07, 6.45) is 15.5. The van der Waals surface area contributed by atoms with Gasteiger partial charge < -0.3 is 0 Å². The monoisotopic (exact) mass is 496 g/mol. The second-order valence-corrected chi connectivity index (χ2v) is 15.5. The van der Waals surface area contributed by atoms with Crippen molar-refractivity contribution in [2.45, 2.75) is 70.6 Å². The molecule has 4 saturated carbocycles. The van der Waals surface area contributed by atoms with Crippen molar-refractivity contribution < 1.29 is 25.2 Å². The van der Waals surface area contributed by atoms with Gasteiger partial charge >= 0.3 is 0 Å². The van der Waals surface area contributed by atoms with Gasteiger partial charge in [0, 0.05) is 0 Å². The van der Waals surface area contributed by atoms with E-state index in [0.717, 1.165) is 38.5 Å². The van der Waals surface area contributed by atoms with Crippen molar-refractivity contribution in [3.8, 4) is 0 Å². The van der Waals surface area contributed by atoms with E-state index in [1.165, 1.54) is 25.7 Å². The maximum Gasteiger partial charge on any atom is 0.267 e. The molecule has 6 unspecified atom stereocenters. The van der Waals surface area contributed by atoms with Gasteiger partial charge in [-0.1, -0.05) is 23.3 Å². The van der Waals surface area contributed by atoms with Gasteiger partial charge in [-0.15, -0.1) is 0 Å². The van der Waals surface area contributed by atoms with Crippen LogP contribution in [-0.4, -0.2) is 41.6 Å². The van der Waals surface area contributed by atoms with Crippen LogP contribution in [0.25, 0.3) is 0 Å². The molecule has 184 valence electrons. The van der Waals surface area contributed by atoms with Gasteiger partial charge in [0.05, 0.1) is 24.7 Å². The summed E-state index contributed by atoms with van der Waals surface area (Å²) in [5, 5.41) is 0. The van der Waals surface area contributed by atoms with Crippen LogP contribution in [0.3, 0.4) is 0 Å². The van der Waals surface area contributed by atoms with E-state index in [2.05, 4.69) is 12.2 Å². The minimum Gasteiger partial charge on any atom is -0.270 e. The summed E-state index contributed by atoms with van der Waals surface area (Å²) < 4.78 is 60.8. The zero-order valence-electron chi connectivity index (χ0n) is 19.3. The standard InChI is InChI=1S/C25H36O6S2/c26-32(27,30-16-24-8-6-18-2-4-20(12-24)22(18)14-24)10-1-11-33(28,29)31-17-25-9-7-19-3-5-21(13-25)23(19)15-25/h6-7,20-23H,1-5,8-17H2. The molecule has 6 nitrogen and oxygen atoms in total. The highest BCUT2D eigenvalue weighted by Crippen LogP contribution is 2.61. The SMILES string of the molecule is O=S(=O)(CCCS(=O)(=O)OCC12CC=C3CCC(C1)C3C2)OCC12CC=C3CCC(C1)C3C2. The molecule has 0 heterocycles. The third kappa shape index (κ3) is 4.27. The number of fused-ring (bicyclic) bond motifs is 2. The average molecular weight is 497 g/mol. The highest BCUT2D eigenvalue weighted by Gasteiger charge is 2.52. The number of hydrogen-bond acceptors (Lipinski definition) is 6. The van der Waals surface area contributed by atoms with Crippen LogP contribution in [0.2, 0.25) is 0 Å². The van der Waals surface area contributed by atoms with E-state index in [1.54, 1.807) is 11.1 Å². The number of allylic oxidation sites excluding steroid dienone is 4. The molecule has 0 saturated heterocycles. The van der Waals surface area contributed by atoms with Gasteiger partial charge in [0.2, 0.25) is 0 Å². The molecule has 0 amide bonds. The average Bonchev–Trinajstić information content (AvgIpc) is 3.45. The van der Waals surface area contributed by atoms with Crippen LogP contribution in [-0.2, 0) is 28.6 Å². The van der Waals surface area contributed by atoms with E-state index in [4.69, 9.17) is 8.37 Å². The summed E-state index contributed by atoms with van der Waals surface area (Å²) in [7, 11) is -7.49. The Morgan fingerprint density at radius 3 is 1.64 bits per heavy atom. The Morgan fingerprint density at radius 2 is 1.18 bits per heavy atom. The third-order valence-electron chi connectivity index (χ3n) is 9.87. The molecule has 4 fully saturated rings. The smallest absolute Gasteiger partial charge is 0.267 e. The lowest BCUT2D eigenvalue weighted by atomic mass is 9.77. The van der Waals surface area contributed by atoms with Gasteiger partial charge in [0.25, 0.3) is 20.2 Å². The summed E-state index contributed by atoms with van der Waals surface area (Å²) in [4.78, 5) is 0. The largest absolute Gasteiger partial charge is 0.270 e. The summed E-state index contributed by atoms with van der Waals surface area (Å²) in [5.74, 6) is 2.10. The van der Waals surface area contributed by atoms with Crippen LogP contribution < -0.4 is 0 Å². The van der Waals surface area contributed by atoms with Crippen LogP contribution >= 0.6 is 0 Å². The van der Waals surface area contributed by atoms with Gasteiger partial charge in [-0.2, -0.15) is 16.8 Å². The lowest BCUT2D eigenvalue weighted by Crippen LogP contribution is -2.30. The molecule has 0 N–H and O–H groups in total. The molecule has 6 rings (SSSR count). The number of hydrogen-bond donors (Lipinski definition) is 0. The third-order valence-corrected chi connectivity index (χ3v) is 12.4.